The number of benzene rings is 3. The Bertz CT molecular complexity index is 1460. The topological polar surface area (TPSA) is 73.2 Å². The summed E-state index contributed by atoms with van der Waals surface area (Å²) in [7, 11) is -4.09. The molecule has 0 aliphatic heterocycles. The highest BCUT2D eigenvalue weighted by Crippen LogP contribution is 2.21. The first-order chi connectivity index (χ1) is 14.3. The van der Waals surface area contributed by atoms with Crippen LogP contribution in [0.2, 0.25) is 0 Å². The van der Waals surface area contributed by atoms with E-state index in [4.69, 9.17) is 0 Å². The molecule has 4 aromatic rings. The zero-order valence-corrected chi connectivity index (χ0v) is 16.7. The molecule has 0 aliphatic rings. The van der Waals surface area contributed by atoms with Crippen LogP contribution in [0, 0.1) is 12.7 Å². The molecule has 7 heteroatoms. The van der Waals surface area contributed by atoms with Gasteiger partial charge in [0, 0.05) is 17.1 Å². The van der Waals surface area contributed by atoms with Crippen LogP contribution in [0.5, 0.6) is 0 Å². The van der Waals surface area contributed by atoms with E-state index >= 15 is 0 Å². The molecule has 3 aromatic carbocycles. The first kappa shape index (κ1) is 19.7. The molecule has 0 atom stereocenters. The first-order valence-corrected chi connectivity index (χ1v) is 10.5. The van der Waals surface area contributed by atoms with Gasteiger partial charge in [-0.1, -0.05) is 42.0 Å². The number of pyridine rings is 1. The zero-order valence-electron chi connectivity index (χ0n) is 15.9. The lowest BCUT2D eigenvalue weighted by atomic mass is 10.0. The molecule has 1 heterocycles. The Labute approximate surface area is 172 Å². The summed E-state index contributed by atoms with van der Waals surface area (Å²) in [5.74, 6) is -1.38. The van der Waals surface area contributed by atoms with Crippen LogP contribution in [-0.4, -0.2) is 18.2 Å². The largest absolute Gasteiger partial charge is 0.288 e. The van der Waals surface area contributed by atoms with Crippen molar-refractivity contribution in [2.24, 2.45) is 0 Å². The van der Waals surface area contributed by atoms with Gasteiger partial charge in [0.05, 0.1) is 16.0 Å². The number of carbonyl (C=O) groups is 1. The molecule has 0 saturated carbocycles. The summed E-state index contributed by atoms with van der Waals surface area (Å²) in [6, 6.07) is 17.3. The number of halogens is 1. The van der Waals surface area contributed by atoms with Crippen molar-refractivity contribution in [3.8, 4) is 0 Å². The number of fused-ring (bicyclic) bond motifs is 1. The number of nitrogens with zero attached hydrogens (tertiary/aromatic N) is 1. The van der Waals surface area contributed by atoms with Crippen molar-refractivity contribution in [2.45, 2.75) is 11.8 Å². The van der Waals surface area contributed by atoms with Crippen LogP contribution < -0.4 is 5.43 Å². The average molecular weight is 421 g/mol. The van der Waals surface area contributed by atoms with Gasteiger partial charge in [-0.05, 0) is 43.3 Å². The number of para-hydroxylation sites is 1. The molecule has 0 fully saturated rings. The van der Waals surface area contributed by atoms with E-state index in [1.807, 2.05) is 6.92 Å². The van der Waals surface area contributed by atoms with Crippen molar-refractivity contribution in [2.75, 3.05) is 0 Å². The summed E-state index contributed by atoms with van der Waals surface area (Å²) >= 11 is 0. The summed E-state index contributed by atoms with van der Waals surface area (Å²) in [5, 5.41) is 0.0791. The first-order valence-electron chi connectivity index (χ1n) is 9.06. The SMILES string of the molecule is Cc1ccc(S(=O)(=O)n2cc(C(=O)c3cccc(F)c3)c(=O)c3ccccc32)cc1. The van der Waals surface area contributed by atoms with Gasteiger partial charge in [-0.3, -0.25) is 9.59 Å². The van der Waals surface area contributed by atoms with Crippen LogP contribution >= 0.6 is 0 Å². The van der Waals surface area contributed by atoms with Crippen LogP contribution in [0.1, 0.15) is 21.5 Å². The summed E-state index contributed by atoms with van der Waals surface area (Å²) in [5.41, 5.74) is 0.0337. The van der Waals surface area contributed by atoms with Crippen LogP contribution in [0.15, 0.2) is 88.7 Å². The van der Waals surface area contributed by atoms with Gasteiger partial charge in [0.25, 0.3) is 10.0 Å². The van der Waals surface area contributed by atoms with E-state index in [1.54, 1.807) is 24.3 Å². The minimum Gasteiger partial charge on any atom is -0.288 e. The minimum absolute atomic E-state index is 0.0195. The van der Waals surface area contributed by atoms with Gasteiger partial charge < -0.3 is 0 Å². The standard InChI is InChI=1S/C23H16FNO4S/c1-15-9-11-18(12-10-15)30(28,29)25-14-20(22(26)16-5-4-6-17(24)13-16)23(27)19-7-2-3-8-21(19)25/h2-14H,1H3. The van der Waals surface area contributed by atoms with E-state index in [0.717, 1.165) is 21.8 Å². The van der Waals surface area contributed by atoms with Crippen molar-refractivity contribution in [1.82, 2.24) is 3.97 Å². The number of aryl methyl sites for hydroxylation is 1. The lowest BCUT2D eigenvalue weighted by molar-refractivity contribution is 0.103. The second kappa shape index (κ2) is 7.35. The number of carbonyl (C=O) groups excluding carboxylic acids is 1. The molecule has 0 saturated heterocycles. The number of aromatic nitrogens is 1. The summed E-state index contributed by atoms with van der Waals surface area (Å²) < 4.78 is 41.2. The van der Waals surface area contributed by atoms with Crippen molar-refractivity contribution in [3.05, 3.63) is 112 Å². The van der Waals surface area contributed by atoms with Crippen LogP contribution in [-0.2, 0) is 10.0 Å². The van der Waals surface area contributed by atoms with Gasteiger partial charge in [0.2, 0.25) is 5.43 Å². The molecule has 0 bridgehead atoms. The smallest absolute Gasteiger partial charge is 0.268 e. The van der Waals surface area contributed by atoms with Crippen molar-refractivity contribution < 1.29 is 17.6 Å². The maximum atomic E-state index is 13.6. The number of ketones is 1. The Balaban J connectivity index is 2.01. The average Bonchev–Trinajstić information content (AvgIpc) is 2.74. The predicted molar refractivity (Wildman–Crippen MR) is 112 cm³/mol. The van der Waals surface area contributed by atoms with Crippen LogP contribution in [0.3, 0.4) is 0 Å². The van der Waals surface area contributed by atoms with E-state index < -0.39 is 27.1 Å². The molecule has 0 radical (unpaired) electrons. The van der Waals surface area contributed by atoms with E-state index in [2.05, 4.69) is 0 Å². The highest BCUT2D eigenvalue weighted by atomic mass is 32.2. The van der Waals surface area contributed by atoms with Crippen molar-refractivity contribution in [3.63, 3.8) is 0 Å². The lowest BCUT2D eigenvalue weighted by Gasteiger charge is -2.14. The van der Waals surface area contributed by atoms with Gasteiger partial charge in [0.15, 0.2) is 5.78 Å². The quantitative estimate of drug-likeness (QED) is 0.468. The third-order valence-corrected chi connectivity index (χ3v) is 6.47. The minimum atomic E-state index is -4.09. The number of hydrogen-bond acceptors (Lipinski definition) is 4. The number of hydrogen-bond donors (Lipinski definition) is 0. The molecule has 1 aromatic heterocycles. The summed E-state index contributed by atoms with van der Waals surface area (Å²) in [4.78, 5) is 25.9. The Morgan fingerprint density at radius 1 is 0.933 bits per heavy atom. The van der Waals surface area contributed by atoms with Crippen LogP contribution in [0.4, 0.5) is 4.39 Å². The van der Waals surface area contributed by atoms with E-state index in [0.29, 0.717) is 0 Å². The lowest BCUT2D eigenvalue weighted by Crippen LogP contribution is -2.23. The third kappa shape index (κ3) is 3.33. The summed E-state index contributed by atoms with van der Waals surface area (Å²) in [6.45, 7) is 1.83. The molecular weight excluding hydrogens is 405 g/mol. The van der Waals surface area contributed by atoms with E-state index in [1.165, 1.54) is 42.5 Å². The van der Waals surface area contributed by atoms with Gasteiger partial charge in [-0.2, -0.15) is 0 Å². The fraction of sp³-hybridized carbons (Fsp3) is 0.0435. The zero-order chi connectivity index (χ0) is 21.5. The molecule has 0 N–H and O–H groups in total. The predicted octanol–water partition coefficient (Wildman–Crippen LogP) is 3.92. The Hall–Kier alpha value is -3.58. The molecule has 0 amide bonds. The fourth-order valence-electron chi connectivity index (χ4n) is 3.22. The molecule has 0 spiro atoms. The van der Waals surface area contributed by atoms with Gasteiger partial charge in [0.1, 0.15) is 5.82 Å². The normalized spacial score (nSPS) is 11.5. The highest BCUT2D eigenvalue weighted by molar-refractivity contribution is 7.90. The maximum absolute atomic E-state index is 13.6. The molecule has 0 aliphatic carbocycles. The third-order valence-electron chi connectivity index (χ3n) is 4.79. The van der Waals surface area contributed by atoms with E-state index in [9.17, 15) is 22.4 Å². The second-order valence-corrected chi connectivity index (χ2v) is 8.66. The Morgan fingerprint density at radius 2 is 1.63 bits per heavy atom. The fourth-order valence-corrected chi connectivity index (χ4v) is 4.59. The van der Waals surface area contributed by atoms with Crippen molar-refractivity contribution >= 4 is 26.7 Å². The Kier molecular flexibility index (Phi) is 4.83. The molecule has 0 unspecified atom stereocenters. The van der Waals surface area contributed by atoms with Gasteiger partial charge in [-0.25, -0.2) is 16.8 Å². The summed E-state index contributed by atoms with van der Waals surface area (Å²) in [6.07, 6.45) is 1.02. The van der Waals surface area contributed by atoms with E-state index in [-0.39, 0.29) is 26.9 Å². The van der Waals surface area contributed by atoms with Gasteiger partial charge in [-0.15, -0.1) is 0 Å². The molecular formula is C23H16FNO4S. The monoisotopic (exact) mass is 421 g/mol. The highest BCUT2D eigenvalue weighted by Gasteiger charge is 2.23. The molecule has 4 rings (SSSR count). The van der Waals surface area contributed by atoms with Crippen molar-refractivity contribution in [1.29, 1.82) is 0 Å². The number of rotatable bonds is 4. The Morgan fingerprint density at radius 3 is 2.33 bits per heavy atom. The second-order valence-electron chi connectivity index (χ2n) is 6.84. The molecule has 150 valence electrons. The molecule has 5 nitrogen and oxygen atoms in total. The van der Waals surface area contributed by atoms with Crippen LogP contribution in [0.25, 0.3) is 10.9 Å². The maximum Gasteiger partial charge on any atom is 0.268 e. The molecule has 30 heavy (non-hydrogen) atoms. The van der Waals surface area contributed by atoms with Gasteiger partial charge >= 0.3 is 0 Å².